The van der Waals surface area contributed by atoms with Crippen molar-refractivity contribution in [2.75, 3.05) is 25.2 Å². The number of aryl methyl sites for hydroxylation is 2. The smallest absolute Gasteiger partial charge is 0.149 e. The van der Waals surface area contributed by atoms with Crippen LogP contribution in [0.25, 0.3) is 0 Å². The van der Waals surface area contributed by atoms with Crippen molar-refractivity contribution in [1.82, 2.24) is 19.9 Å². The number of aromatic nitrogens is 3. The molecule has 2 aromatic rings. The van der Waals surface area contributed by atoms with Crippen molar-refractivity contribution in [1.29, 1.82) is 0 Å². The van der Waals surface area contributed by atoms with E-state index in [0.29, 0.717) is 12.6 Å². The molecular weight excluding hydrogens is 396 g/mol. The van der Waals surface area contributed by atoms with Crippen molar-refractivity contribution >= 4 is 21.2 Å². The molecule has 0 amide bonds. The summed E-state index contributed by atoms with van der Waals surface area (Å²) in [4.78, 5) is 5.24. The number of fused-ring (bicyclic) bond motifs is 2. The van der Waals surface area contributed by atoms with Crippen molar-refractivity contribution < 1.29 is 13.2 Å². The Morgan fingerprint density at radius 1 is 1.43 bits per heavy atom. The molecule has 154 valence electrons. The first-order valence-electron chi connectivity index (χ1n) is 9.79. The zero-order chi connectivity index (χ0) is 19.9. The summed E-state index contributed by atoms with van der Waals surface area (Å²) in [5.41, 5.74) is 2.23. The van der Waals surface area contributed by atoms with E-state index in [1.54, 1.807) is 4.68 Å². The van der Waals surface area contributed by atoms with Crippen LogP contribution in [-0.2, 0) is 39.7 Å². The first-order valence-corrected chi connectivity index (χ1v) is 12.7. The Morgan fingerprint density at radius 2 is 2.25 bits per heavy atom. The second kappa shape index (κ2) is 7.51. The van der Waals surface area contributed by atoms with Gasteiger partial charge in [0.2, 0.25) is 0 Å². The van der Waals surface area contributed by atoms with Gasteiger partial charge in [-0.3, -0.25) is 9.58 Å². The zero-order valence-electron chi connectivity index (χ0n) is 16.7. The highest BCUT2D eigenvalue weighted by atomic mass is 32.2. The van der Waals surface area contributed by atoms with E-state index >= 15 is 0 Å². The van der Waals surface area contributed by atoms with E-state index in [1.807, 2.05) is 17.5 Å². The number of hydrogen-bond acceptors (Lipinski definition) is 7. The van der Waals surface area contributed by atoms with Gasteiger partial charge in [0.1, 0.15) is 15.4 Å². The fourth-order valence-corrected chi connectivity index (χ4v) is 6.14. The first-order chi connectivity index (χ1) is 13.2. The molecule has 2 aliphatic rings. The fraction of sp³-hybridized carbons (Fsp3) is 0.684. The van der Waals surface area contributed by atoms with Gasteiger partial charge in [-0.15, -0.1) is 16.4 Å². The summed E-state index contributed by atoms with van der Waals surface area (Å²) in [5, 5.41) is 8.31. The van der Waals surface area contributed by atoms with Gasteiger partial charge >= 0.3 is 0 Å². The second-order valence-electron chi connectivity index (χ2n) is 8.18. The van der Waals surface area contributed by atoms with Gasteiger partial charge in [0.15, 0.2) is 0 Å². The first kappa shape index (κ1) is 20.0. The molecule has 28 heavy (non-hydrogen) atoms. The monoisotopic (exact) mass is 424 g/mol. The summed E-state index contributed by atoms with van der Waals surface area (Å²) in [5.74, 6) is 0.0817. The van der Waals surface area contributed by atoms with Crippen LogP contribution in [0.3, 0.4) is 0 Å². The van der Waals surface area contributed by atoms with E-state index in [9.17, 15) is 8.42 Å². The number of ether oxygens (including phenoxy) is 1. The largest absolute Gasteiger partial charge is 0.369 e. The molecule has 9 heteroatoms. The molecule has 0 aromatic carbocycles. The fourth-order valence-electron chi connectivity index (χ4n) is 4.37. The minimum absolute atomic E-state index is 0.0817. The normalized spacial score (nSPS) is 25.9. The quantitative estimate of drug-likeness (QED) is 0.732. The standard InChI is InChI=1S/C19H28N4O3S2/c1-14-11-19(18-16(4-8-26-19)10-15(2)27-18)5-6-22(14)12-17-13-23(21-20-17)7-9-28(3,24)25/h10,13-14H,4-9,11-12H2,1-3H3/t14-,19?/m0/s1. The lowest BCUT2D eigenvalue weighted by atomic mass is 9.82. The number of likely N-dealkylation sites (tertiary alicyclic amines) is 1. The average molecular weight is 425 g/mol. The van der Waals surface area contributed by atoms with Crippen LogP contribution in [0.5, 0.6) is 0 Å². The predicted molar refractivity (Wildman–Crippen MR) is 109 cm³/mol. The molecule has 0 aliphatic carbocycles. The molecule has 0 saturated carbocycles. The molecule has 0 radical (unpaired) electrons. The van der Waals surface area contributed by atoms with Crippen molar-refractivity contribution in [3.63, 3.8) is 0 Å². The molecule has 4 heterocycles. The third-order valence-corrected chi connectivity index (χ3v) is 7.99. The molecule has 1 spiro atoms. The molecule has 1 saturated heterocycles. The van der Waals surface area contributed by atoms with E-state index in [2.05, 4.69) is 35.1 Å². The Bertz CT molecular complexity index is 952. The molecule has 0 bridgehead atoms. The third kappa shape index (κ3) is 4.17. The summed E-state index contributed by atoms with van der Waals surface area (Å²) in [7, 11) is -3.00. The highest BCUT2D eigenvalue weighted by molar-refractivity contribution is 7.90. The summed E-state index contributed by atoms with van der Waals surface area (Å²) in [6.07, 6.45) is 6.11. The Kier molecular flexibility index (Phi) is 5.37. The van der Waals surface area contributed by atoms with Gasteiger partial charge in [-0.05, 0) is 44.7 Å². The van der Waals surface area contributed by atoms with Crippen molar-refractivity contribution in [3.8, 4) is 0 Å². The Morgan fingerprint density at radius 3 is 3.00 bits per heavy atom. The number of piperidine rings is 1. The van der Waals surface area contributed by atoms with E-state index in [-0.39, 0.29) is 11.4 Å². The van der Waals surface area contributed by atoms with Crippen LogP contribution in [0, 0.1) is 6.92 Å². The number of rotatable bonds is 5. The number of hydrogen-bond donors (Lipinski definition) is 0. The Labute approximate surface area is 170 Å². The van der Waals surface area contributed by atoms with Crippen molar-refractivity contribution in [3.05, 3.63) is 33.3 Å². The van der Waals surface area contributed by atoms with Crippen LogP contribution in [0.1, 0.15) is 40.8 Å². The summed E-state index contributed by atoms with van der Waals surface area (Å²) < 4.78 is 30.7. The topological polar surface area (TPSA) is 77.3 Å². The molecule has 1 unspecified atom stereocenters. The lowest BCUT2D eigenvalue weighted by Crippen LogP contribution is -2.50. The van der Waals surface area contributed by atoms with Crippen LogP contribution in [0.15, 0.2) is 12.3 Å². The molecule has 7 nitrogen and oxygen atoms in total. The zero-order valence-corrected chi connectivity index (χ0v) is 18.4. The minimum atomic E-state index is -3.00. The molecule has 2 atom stereocenters. The molecule has 0 N–H and O–H groups in total. The molecule has 2 aromatic heterocycles. The van der Waals surface area contributed by atoms with Gasteiger partial charge in [-0.25, -0.2) is 8.42 Å². The average Bonchev–Trinajstić information content (AvgIpc) is 3.22. The number of sulfone groups is 1. The van der Waals surface area contributed by atoms with E-state index in [1.165, 1.54) is 21.6 Å². The van der Waals surface area contributed by atoms with Crippen LogP contribution in [0.4, 0.5) is 0 Å². The third-order valence-electron chi connectivity index (χ3n) is 5.79. The maximum atomic E-state index is 11.3. The van der Waals surface area contributed by atoms with Crippen LogP contribution >= 0.6 is 11.3 Å². The van der Waals surface area contributed by atoms with Gasteiger partial charge in [-0.1, -0.05) is 5.21 Å². The second-order valence-corrected chi connectivity index (χ2v) is 11.7. The SMILES string of the molecule is Cc1cc2c(s1)C1(CCN(Cc3cn(CCS(C)(=O)=O)nn3)[C@@H](C)C1)OCC2. The van der Waals surface area contributed by atoms with E-state index in [0.717, 1.165) is 44.7 Å². The number of thiophene rings is 1. The predicted octanol–water partition coefficient (Wildman–Crippen LogP) is 2.15. The molecule has 1 fully saturated rings. The molecule has 4 rings (SSSR count). The molecular formula is C19H28N4O3S2. The van der Waals surface area contributed by atoms with Crippen LogP contribution in [-0.4, -0.2) is 59.5 Å². The molecule has 2 aliphatic heterocycles. The Hall–Kier alpha value is -1.29. The lowest BCUT2D eigenvalue weighted by molar-refractivity contribution is -0.110. The lowest BCUT2D eigenvalue weighted by Gasteiger charge is -2.46. The van der Waals surface area contributed by atoms with E-state index < -0.39 is 9.84 Å². The van der Waals surface area contributed by atoms with Gasteiger partial charge in [-0.2, -0.15) is 0 Å². The summed E-state index contributed by atoms with van der Waals surface area (Å²) >= 11 is 1.90. The highest BCUT2D eigenvalue weighted by Crippen LogP contribution is 2.46. The Balaban J connectivity index is 1.41. The van der Waals surface area contributed by atoms with Gasteiger partial charge < -0.3 is 4.74 Å². The maximum absolute atomic E-state index is 11.3. The van der Waals surface area contributed by atoms with Gasteiger partial charge in [0.25, 0.3) is 0 Å². The summed E-state index contributed by atoms with van der Waals surface area (Å²) in [6, 6.07) is 2.71. The maximum Gasteiger partial charge on any atom is 0.149 e. The van der Waals surface area contributed by atoms with Crippen LogP contribution < -0.4 is 0 Å². The van der Waals surface area contributed by atoms with Crippen molar-refractivity contribution in [2.45, 2.75) is 57.8 Å². The minimum Gasteiger partial charge on any atom is -0.369 e. The van der Waals surface area contributed by atoms with Crippen LogP contribution in [0.2, 0.25) is 0 Å². The highest BCUT2D eigenvalue weighted by Gasteiger charge is 2.44. The van der Waals surface area contributed by atoms with Crippen molar-refractivity contribution in [2.24, 2.45) is 0 Å². The van der Waals surface area contributed by atoms with Gasteiger partial charge in [0, 0.05) is 41.3 Å². The van der Waals surface area contributed by atoms with Gasteiger partial charge in [0.05, 0.1) is 24.6 Å². The summed E-state index contributed by atoms with van der Waals surface area (Å²) in [6.45, 7) is 7.28. The number of nitrogens with zero attached hydrogens (tertiary/aromatic N) is 4. The van der Waals surface area contributed by atoms with E-state index in [4.69, 9.17) is 4.74 Å².